The number of fused-ring (bicyclic) bond motifs is 1. The van der Waals surface area contributed by atoms with Crippen LogP contribution in [0, 0.1) is 52.3 Å². The predicted molar refractivity (Wildman–Crippen MR) is 350 cm³/mol. The third-order valence-electron chi connectivity index (χ3n) is 16.8. The number of aromatic hydroxyl groups is 3. The van der Waals surface area contributed by atoms with Crippen molar-refractivity contribution in [2.45, 2.75) is 100 Å². The first kappa shape index (κ1) is 77.4. The molecule has 8 N–H and O–H groups in total. The van der Waals surface area contributed by atoms with Crippen LogP contribution in [0.5, 0.6) is 23.0 Å². The van der Waals surface area contributed by atoms with Crippen molar-refractivity contribution in [3.05, 3.63) is 157 Å². The number of hydrogen-bond acceptors (Lipinski definition) is 18. The summed E-state index contributed by atoms with van der Waals surface area (Å²) in [7, 11) is 0. The molecule has 0 bridgehead atoms. The van der Waals surface area contributed by atoms with E-state index in [1.54, 1.807) is 63.5 Å². The van der Waals surface area contributed by atoms with E-state index in [0.717, 1.165) is 33.3 Å². The first-order chi connectivity index (χ1) is 44.1. The number of benzene rings is 5. The molecule has 4 saturated carbocycles. The summed E-state index contributed by atoms with van der Waals surface area (Å²) in [6.07, 6.45) is 2.09. The van der Waals surface area contributed by atoms with E-state index in [-0.39, 0.29) is 107 Å². The molecule has 10 rings (SSSR count). The number of pyridine rings is 1. The van der Waals surface area contributed by atoms with E-state index < -0.39 is 93.0 Å². The number of carbonyl (C=O) groups is 8. The van der Waals surface area contributed by atoms with Gasteiger partial charge in [-0.15, -0.1) is 0 Å². The standard InChI is InChI=1S/C25H25ClN2O5.C14H14Cl2O5.C14H15ClO5.C14H16O5.CH4.B/c1-3-32-24(30)25(13-19(25)23(29)28-31)12-16-8-9-22(20(26)11-16)33-14-17-10-15(2)27-21-7-5-4-6-18(17)21;1-2-21-13(20)14(6-8(14)12(18)19)5-7-3-9(15)11(17)10(16)4-7;1-2-20-13(19)14(7-9(14)12(17)18)6-8-3-4-11(16)10(15)5-8;1-2-19-13(18)14(8-11(14)12(16)17)7-9-3-5-10(15)6-4-9;;/h4-11,19,31H,3,12-14H2,1-2H3,(H,28,29);3-4,8,17H,2,5-6H2,1H3,(H,18,19);3-5,9,16H,2,6-7H2,1H3,(H,17,18);3-6,11,15H,2,7-8H2,1H3,(H,16,17);1H4;/t19?,25-;8?,14-;9?,14-;11?,14-;;/m0000../s1. The van der Waals surface area contributed by atoms with Crippen molar-refractivity contribution in [3.8, 4) is 23.0 Å². The molecular weight excluding hydrogens is 1320 g/mol. The number of ether oxygens (including phenoxy) is 5. The zero-order valence-electron chi connectivity index (χ0n) is 51.8. The van der Waals surface area contributed by atoms with Gasteiger partial charge >= 0.3 is 41.8 Å². The lowest BCUT2D eigenvalue weighted by Crippen LogP contribution is -2.30. The van der Waals surface area contributed by atoms with Gasteiger partial charge in [-0.1, -0.05) is 96.3 Å². The minimum atomic E-state index is -1.08. The second-order valence-electron chi connectivity index (χ2n) is 23.1. The number of amides is 1. The molecule has 1 heterocycles. The highest BCUT2D eigenvalue weighted by Gasteiger charge is 2.67. The zero-order valence-corrected chi connectivity index (χ0v) is 54.8. The van der Waals surface area contributed by atoms with Gasteiger partial charge in [-0.3, -0.25) is 48.5 Å². The number of carboxylic acid groups (broad SMARTS) is 3. The number of hydrogen-bond donors (Lipinski definition) is 8. The molecule has 4 unspecified atom stereocenters. The lowest BCUT2D eigenvalue weighted by molar-refractivity contribution is -0.153. The van der Waals surface area contributed by atoms with Gasteiger partial charge in [-0.2, -0.15) is 0 Å². The molecule has 6 aromatic rings. The Morgan fingerprint density at radius 1 is 0.516 bits per heavy atom. The molecule has 95 heavy (non-hydrogen) atoms. The van der Waals surface area contributed by atoms with Crippen molar-refractivity contribution in [3.63, 3.8) is 0 Å². The molecule has 4 aliphatic carbocycles. The first-order valence-electron chi connectivity index (χ1n) is 29.6. The molecule has 5 aromatic carbocycles. The molecule has 1 aromatic heterocycles. The van der Waals surface area contributed by atoms with Gasteiger partial charge in [-0.25, -0.2) is 5.48 Å². The Bertz CT molecular complexity index is 3800. The fraction of sp³-hybridized carbons (Fsp3) is 0.397. The van der Waals surface area contributed by atoms with Gasteiger partial charge in [-0.05, 0) is 169 Å². The van der Waals surface area contributed by atoms with Gasteiger partial charge in [0.1, 0.15) is 23.9 Å². The highest BCUT2D eigenvalue weighted by molar-refractivity contribution is 6.37. The highest BCUT2D eigenvalue weighted by Crippen LogP contribution is 2.59. The summed E-state index contributed by atoms with van der Waals surface area (Å²) < 4.78 is 26.2. The maximum atomic E-state index is 12.6. The fourth-order valence-corrected chi connectivity index (χ4v) is 12.6. The van der Waals surface area contributed by atoms with E-state index in [1.165, 1.54) is 36.4 Å². The second kappa shape index (κ2) is 32.9. The minimum Gasteiger partial charge on any atom is -0.508 e. The molecular formula is C68H74BCl4N2O20. The number of nitrogens with one attached hydrogen (secondary N) is 1. The number of halogens is 4. The number of para-hydroxylation sites is 1. The second-order valence-corrected chi connectivity index (χ2v) is 24.7. The first-order valence-corrected chi connectivity index (χ1v) is 31.1. The third-order valence-corrected chi connectivity index (χ3v) is 17.9. The van der Waals surface area contributed by atoms with Crippen LogP contribution in [0.1, 0.15) is 94.3 Å². The van der Waals surface area contributed by atoms with Crippen LogP contribution < -0.4 is 10.2 Å². The molecule has 1 amide bonds. The summed E-state index contributed by atoms with van der Waals surface area (Å²) in [6, 6.07) is 29.2. The molecule has 4 fully saturated rings. The number of phenols is 3. The number of nitrogens with zero attached hydrogens (tertiary/aromatic N) is 1. The van der Waals surface area contributed by atoms with Crippen LogP contribution in [-0.4, -0.2) is 123 Å². The summed E-state index contributed by atoms with van der Waals surface area (Å²) >= 11 is 24.0. The smallest absolute Gasteiger partial charge is 0.313 e. The molecule has 22 nitrogen and oxygen atoms in total. The molecule has 3 radical (unpaired) electrons. The highest BCUT2D eigenvalue weighted by atomic mass is 35.5. The average molecular weight is 1390 g/mol. The van der Waals surface area contributed by atoms with Crippen molar-refractivity contribution in [2.24, 2.45) is 45.3 Å². The van der Waals surface area contributed by atoms with Crippen LogP contribution in [0.2, 0.25) is 20.1 Å². The Labute approximate surface area is 570 Å². The van der Waals surface area contributed by atoms with Crippen LogP contribution in [-0.2, 0) is 89.6 Å². The molecule has 8 atom stereocenters. The van der Waals surface area contributed by atoms with E-state index >= 15 is 0 Å². The van der Waals surface area contributed by atoms with E-state index in [0.29, 0.717) is 47.8 Å². The van der Waals surface area contributed by atoms with Crippen LogP contribution >= 0.6 is 46.4 Å². The summed E-state index contributed by atoms with van der Waals surface area (Å²) in [5, 5.41) is 66.1. The third kappa shape index (κ3) is 18.2. The van der Waals surface area contributed by atoms with Crippen molar-refractivity contribution in [2.75, 3.05) is 26.4 Å². The summed E-state index contributed by atoms with van der Waals surface area (Å²) in [5.41, 5.74) is 3.30. The number of esters is 4. The molecule has 27 heteroatoms. The van der Waals surface area contributed by atoms with Crippen LogP contribution in [0.3, 0.4) is 0 Å². The number of phenolic OH excluding ortho intramolecular Hbond substituents is 3. The van der Waals surface area contributed by atoms with Gasteiger partial charge < -0.3 is 54.3 Å². The topological polar surface area (TPSA) is 349 Å². The molecule has 0 aliphatic heterocycles. The number of aliphatic carboxylic acids is 3. The van der Waals surface area contributed by atoms with Crippen LogP contribution in [0.15, 0.2) is 103 Å². The predicted octanol–water partition coefficient (Wildman–Crippen LogP) is 11.4. The van der Waals surface area contributed by atoms with Gasteiger partial charge in [0.15, 0.2) is 5.75 Å². The quantitative estimate of drug-likeness (QED) is 0.00971. The Morgan fingerprint density at radius 2 is 0.905 bits per heavy atom. The van der Waals surface area contributed by atoms with Gasteiger partial charge in [0.25, 0.3) is 0 Å². The normalized spacial score (nSPS) is 22.0. The summed E-state index contributed by atoms with van der Waals surface area (Å²) in [6.45, 7) is 9.88. The number of carbonyl (C=O) groups excluding carboxylic acids is 5. The maximum Gasteiger partial charge on any atom is 0.313 e. The van der Waals surface area contributed by atoms with Crippen LogP contribution in [0.4, 0.5) is 0 Å². The van der Waals surface area contributed by atoms with E-state index in [9.17, 15) is 53.7 Å². The van der Waals surface area contributed by atoms with Crippen molar-refractivity contribution in [1.29, 1.82) is 0 Å². The lowest BCUT2D eigenvalue weighted by Gasteiger charge is -2.17. The average Bonchev–Trinajstić information content (AvgIpc) is 1.60. The monoisotopic (exact) mass is 1390 g/mol. The molecule has 4 aliphatic rings. The number of rotatable bonds is 23. The Kier molecular flexibility index (Phi) is 26.8. The molecule has 507 valence electrons. The van der Waals surface area contributed by atoms with E-state index in [4.69, 9.17) is 90.6 Å². The molecule has 0 saturated heterocycles. The van der Waals surface area contributed by atoms with E-state index in [2.05, 4.69) is 4.98 Å². The van der Waals surface area contributed by atoms with E-state index in [1.807, 2.05) is 43.3 Å². The van der Waals surface area contributed by atoms with Gasteiger partial charge in [0, 0.05) is 25.1 Å². The maximum absolute atomic E-state index is 12.6. The Hall–Kier alpha value is -8.35. The SMILES string of the molecule is C.CCOC(=O)[C@@]1(Cc2cc(Cl)c(O)c(Cl)c2)CC1C(=O)O.CCOC(=O)[C@@]1(Cc2ccc(O)c(Cl)c2)CC1C(=O)O.CCOC(=O)[C@@]1(Cc2ccc(O)cc2)CC1C(=O)O.CCOC(=O)[C@@]1(Cc2ccc(OCc3cc(C)nc4ccccc34)c(Cl)c2)CC1C(=O)NO.[B]. The summed E-state index contributed by atoms with van der Waals surface area (Å²) in [4.78, 5) is 98.5. The Morgan fingerprint density at radius 3 is 1.33 bits per heavy atom. The molecule has 0 spiro atoms. The van der Waals surface area contributed by atoms with Gasteiger partial charge in [0.2, 0.25) is 5.91 Å². The lowest BCUT2D eigenvalue weighted by atomic mass is 9.93. The zero-order chi connectivity index (χ0) is 68.3. The number of aromatic nitrogens is 1. The largest absolute Gasteiger partial charge is 0.508 e. The van der Waals surface area contributed by atoms with Crippen LogP contribution in [0.25, 0.3) is 10.9 Å². The Balaban J connectivity index is 0.000000234. The van der Waals surface area contributed by atoms with Crippen molar-refractivity contribution < 1.29 is 97.9 Å². The van der Waals surface area contributed by atoms with Gasteiger partial charge in [0.05, 0.1) is 97.4 Å². The number of hydroxylamine groups is 1. The van der Waals surface area contributed by atoms with Crippen molar-refractivity contribution in [1.82, 2.24) is 10.5 Å². The minimum absolute atomic E-state index is 0. The fourth-order valence-electron chi connectivity index (χ4n) is 11.6. The summed E-state index contributed by atoms with van der Waals surface area (Å²) in [5.74, 6) is -7.95. The number of carboxylic acids is 3. The van der Waals surface area contributed by atoms with Crippen molar-refractivity contribution >= 4 is 113 Å². The number of aryl methyl sites for hydroxylation is 1.